The van der Waals surface area contributed by atoms with Gasteiger partial charge < -0.3 is 5.11 Å². The lowest BCUT2D eigenvalue weighted by Crippen LogP contribution is -1.78. The molecule has 0 amide bonds. The van der Waals surface area contributed by atoms with Crippen LogP contribution in [0.25, 0.3) is 0 Å². The fraction of sp³-hybridized carbons (Fsp3) is 0.600. The zero-order chi connectivity index (χ0) is 8.36. The van der Waals surface area contributed by atoms with Crippen LogP contribution in [0.1, 0.15) is 32.1 Å². The molecule has 11 heavy (non-hydrogen) atoms. The number of hydrogen-bond acceptors (Lipinski definition) is 1. The van der Waals surface area contributed by atoms with E-state index in [0.29, 0.717) is 6.61 Å². The summed E-state index contributed by atoms with van der Waals surface area (Å²) in [6, 6.07) is 0. The number of aliphatic hydroxyl groups is 1. The molecule has 0 saturated heterocycles. The Kier molecular flexibility index (Phi) is 8.96. The van der Waals surface area contributed by atoms with Gasteiger partial charge in [0.25, 0.3) is 0 Å². The van der Waals surface area contributed by atoms with Crippen LogP contribution < -0.4 is 0 Å². The Morgan fingerprint density at radius 3 is 2.18 bits per heavy atom. The lowest BCUT2D eigenvalue weighted by molar-refractivity contribution is 0.289. The largest absolute Gasteiger partial charge is 0.396 e. The first kappa shape index (κ1) is 10.4. The highest BCUT2D eigenvalue weighted by Gasteiger charge is 1.80. The molecule has 0 fully saturated rings. The summed E-state index contributed by atoms with van der Waals surface area (Å²) >= 11 is 0. The van der Waals surface area contributed by atoms with Gasteiger partial charge in [-0.15, -0.1) is 6.58 Å². The predicted octanol–water partition coefficient (Wildman–Crippen LogP) is 2.67. The van der Waals surface area contributed by atoms with Crippen LogP contribution in [0.4, 0.5) is 0 Å². The third-order valence-electron chi connectivity index (χ3n) is 1.47. The summed E-state index contributed by atoms with van der Waals surface area (Å²) < 4.78 is 0. The van der Waals surface area contributed by atoms with E-state index in [1.165, 1.54) is 6.42 Å². The third kappa shape index (κ3) is 9.44. The molecule has 0 aromatic carbocycles. The van der Waals surface area contributed by atoms with Gasteiger partial charge in [-0.1, -0.05) is 18.2 Å². The second-order valence-electron chi connectivity index (χ2n) is 2.56. The van der Waals surface area contributed by atoms with Crippen LogP contribution in [0.3, 0.4) is 0 Å². The minimum Gasteiger partial charge on any atom is -0.396 e. The van der Waals surface area contributed by atoms with Crippen molar-refractivity contribution in [2.24, 2.45) is 0 Å². The molecule has 0 aliphatic heterocycles. The molecule has 1 N–H and O–H groups in total. The van der Waals surface area contributed by atoms with Crippen LogP contribution in [0.5, 0.6) is 0 Å². The first-order valence-electron chi connectivity index (χ1n) is 4.28. The molecule has 1 heteroatoms. The molecular weight excluding hydrogens is 136 g/mol. The van der Waals surface area contributed by atoms with E-state index in [2.05, 4.69) is 18.7 Å². The summed E-state index contributed by atoms with van der Waals surface area (Å²) in [6.07, 6.45) is 11.6. The van der Waals surface area contributed by atoms with Gasteiger partial charge in [-0.3, -0.25) is 0 Å². The van der Waals surface area contributed by atoms with E-state index in [1.807, 2.05) is 6.08 Å². The normalized spacial score (nSPS) is 10.6. The fourth-order valence-electron chi connectivity index (χ4n) is 0.825. The van der Waals surface area contributed by atoms with E-state index in [9.17, 15) is 0 Å². The highest BCUT2D eigenvalue weighted by molar-refractivity contribution is 4.82. The molecular formula is C10H18O. The van der Waals surface area contributed by atoms with Crippen LogP contribution in [-0.2, 0) is 0 Å². The van der Waals surface area contributed by atoms with Crippen LogP contribution in [0.15, 0.2) is 24.8 Å². The predicted molar refractivity (Wildman–Crippen MR) is 49.5 cm³/mol. The Morgan fingerprint density at radius 1 is 1.00 bits per heavy atom. The van der Waals surface area contributed by atoms with Crippen molar-refractivity contribution >= 4 is 0 Å². The minimum absolute atomic E-state index is 0.303. The highest BCUT2D eigenvalue weighted by Crippen LogP contribution is 1.98. The second-order valence-corrected chi connectivity index (χ2v) is 2.56. The minimum atomic E-state index is 0.303. The maximum absolute atomic E-state index is 8.46. The Labute approximate surface area is 69.4 Å². The Bertz CT molecular complexity index is 105. The van der Waals surface area contributed by atoms with Gasteiger partial charge in [-0.05, 0) is 32.1 Å². The van der Waals surface area contributed by atoms with Crippen LogP contribution in [0, 0.1) is 0 Å². The van der Waals surface area contributed by atoms with Crippen LogP contribution in [0.2, 0.25) is 0 Å². The van der Waals surface area contributed by atoms with Crippen molar-refractivity contribution in [1.29, 1.82) is 0 Å². The summed E-state index contributed by atoms with van der Waals surface area (Å²) in [4.78, 5) is 0. The summed E-state index contributed by atoms with van der Waals surface area (Å²) in [5.74, 6) is 0. The van der Waals surface area contributed by atoms with Gasteiger partial charge in [0.2, 0.25) is 0 Å². The van der Waals surface area contributed by atoms with E-state index in [4.69, 9.17) is 5.11 Å². The van der Waals surface area contributed by atoms with E-state index in [1.54, 1.807) is 0 Å². The average molecular weight is 154 g/mol. The summed E-state index contributed by atoms with van der Waals surface area (Å²) in [5.41, 5.74) is 0. The molecule has 0 radical (unpaired) electrons. The van der Waals surface area contributed by atoms with Gasteiger partial charge in [0, 0.05) is 6.61 Å². The SMILES string of the molecule is C=CCCCC=CCCCO. The first-order valence-corrected chi connectivity index (χ1v) is 4.28. The Balaban J connectivity index is 2.97. The molecule has 0 atom stereocenters. The standard InChI is InChI=1S/C10H18O/c1-2-3-4-5-6-7-8-9-10-11/h2,6-7,11H,1,3-5,8-10H2. The van der Waals surface area contributed by atoms with Gasteiger partial charge >= 0.3 is 0 Å². The molecule has 0 aliphatic rings. The molecule has 0 spiro atoms. The topological polar surface area (TPSA) is 20.2 Å². The van der Waals surface area contributed by atoms with Crippen molar-refractivity contribution < 1.29 is 5.11 Å². The van der Waals surface area contributed by atoms with E-state index in [-0.39, 0.29) is 0 Å². The Morgan fingerprint density at radius 2 is 1.64 bits per heavy atom. The van der Waals surface area contributed by atoms with Gasteiger partial charge in [-0.2, -0.15) is 0 Å². The summed E-state index contributed by atoms with van der Waals surface area (Å²) in [7, 11) is 0. The molecule has 0 saturated carbocycles. The van der Waals surface area contributed by atoms with Gasteiger partial charge in [0.15, 0.2) is 0 Å². The van der Waals surface area contributed by atoms with Crippen molar-refractivity contribution in [3.63, 3.8) is 0 Å². The molecule has 0 aromatic rings. The van der Waals surface area contributed by atoms with E-state index in [0.717, 1.165) is 25.7 Å². The maximum Gasteiger partial charge on any atom is 0.0433 e. The molecule has 1 nitrogen and oxygen atoms in total. The summed E-state index contributed by atoms with van der Waals surface area (Å²) in [6.45, 7) is 3.95. The molecule has 0 aromatic heterocycles. The van der Waals surface area contributed by atoms with Crippen LogP contribution in [-0.4, -0.2) is 11.7 Å². The van der Waals surface area contributed by atoms with Crippen molar-refractivity contribution in [2.75, 3.05) is 6.61 Å². The average Bonchev–Trinajstić information content (AvgIpc) is 2.03. The monoisotopic (exact) mass is 154 g/mol. The second kappa shape index (κ2) is 9.44. The zero-order valence-electron chi connectivity index (χ0n) is 7.13. The molecule has 0 rings (SSSR count). The van der Waals surface area contributed by atoms with Crippen molar-refractivity contribution in [1.82, 2.24) is 0 Å². The molecule has 0 aliphatic carbocycles. The van der Waals surface area contributed by atoms with Crippen molar-refractivity contribution in [3.05, 3.63) is 24.8 Å². The zero-order valence-corrected chi connectivity index (χ0v) is 7.13. The Hall–Kier alpha value is -0.560. The quantitative estimate of drug-likeness (QED) is 0.441. The summed E-state index contributed by atoms with van der Waals surface area (Å²) in [5, 5.41) is 8.46. The van der Waals surface area contributed by atoms with E-state index >= 15 is 0 Å². The maximum atomic E-state index is 8.46. The fourth-order valence-corrected chi connectivity index (χ4v) is 0.825. The lowest BCUT2D eigenvalue weighted by Gasteiger charge is -1.90. The molecule has 64 valence electrons. The molecule has 0 heterocycles. The highest BCUT2D eigenvalue weighted by atomic mass is 16.2. The van der Waals surface area contributed by atoms with E-state index < -0.39 is 0 Å². The van der Waals surface area contributed by atoms with Gasteiger partial charge in [-0.25, -0.2) is 0 Å². The van der Waals surface area contributed by atoms with Crippen LogP contribution >= 0.6 is 0 Å². The number of allylic oxidation sites excluding steroid dienone is 3. The number of aliphatic hydroxyl groups excluding tert-OH is 1. The molecule has 0 unspecified atom stereocenters. The number of rotatable bonds is 7. The number of unbranched alkanes of at least 4 members (excludes halogenated alkanes) is 3. The van der Waals surface area contributed by atoms with Gasteiger partial charge in [0.05, 0.1) is 0 Å². The van der Waals surface area contributed by atoms with Crippen molar-refractivity contribution in [2.45, 2.75) is 32.1 Å². The van der Waals surface area contributed by atoms with Crippen molar-refractivity contribution in [3.8, 4) is 0 Å². The smallest absolute Gasteiger partial charge is 0.0433 e. The third-order valence-corrected chi connectivity index (χ3v) is 1.47. The molecule has 0 bridgehead atoms. The lowest BCUT2D eigenvalue weighted by atomic mass is 10.2. The first-order chi connectivity index (χ1) is 5.41. The number of hydrogen-bond donors (Lipinski definition) is 1. The van der Waals surface area contributed by atoms with Gasteiger partial charge in [0.1, 0.15) is 0 Å².